The van der Waals surface area contributed by atoms with Crippen LogP contribution in [0.4, 0.5) is 0 Å². The molecule has 102 valence electrons. The molecular formula is C15H20N2O2. The fraction of sp³-hybridized carbons (Fsp3) is 0.400. The van der Waals surface area contributed by atoms with Crippen LogP contribution >= 0.6 is 0 Å². The van der Waals surface area contributed by atoms with Crippen molar-refractivity contribution in [2.75, 3.05) is 20.6 Å². The Bertz CT molecular complexity index is 587. The molecule has 19 heavy (non-hydrogen) atoms. The third kappa shape index (κ3) is 2.79. The number of nitrogens with zero attached hydrogens (tertiary/aromatic N) is 1. The smallest absolute Gasteiger partial charge is 0.236 e. The van der Waals surface area contributed by atoms with Crippen LogP contribution in [0.5, 0.6) is 0 Å². The van der Waals surface area contributed by atoms with E-state index in [1.807, 2.05) is 32.0 Å². The number of aryl methyl sites for hydroxylation is 1. The Morgan fingerprint density at radius 1 is 1.37 bits per heavy atom. The van der Waals surface area contributed by atoms with Crippen LogP contribution in [0, 0.1) is 6.92 Å². The zero-order chi connectivity index (χ0) is 14.0. The van der Waals surface area contributed by atoms with Gasteiger partial charge in [-0.2, -0.15) is 0 Å². The fourth-order valence-electron chi connectivity index (χ4n) is 2.10. The molecule has 1 amide bonds. The number of benzene rings is 1. The van der Waals surface area contributed by atoms with Crippen LogP contribution < -0.4 is 5.32 Å². The number of nitrogens with one attached hydrogen (secondary N) is 1. The molecule has 0 radical (unpaired) electrons. The molecule has 0 aliphatic rings. The van der Waals surface area contributed by atoms with Gasteiger partial charge in [0.05, 0.1) is 12.6 Å². The molecule has 1 atom stereocenters. The molecule has 1 aromatic carbocycles. The molecule has 0 spiro atoms. The largest absolute Gasteiger partial charge is 0.459 e. The summed E-state index contributed by atoms with van der Waals surface area (Å²) in [6.45, 7) is 4.37. The highest BCUT2D eigenvalue weighted by atomic mass is 16.3. The first kappa shape index (κ1) is 13.6. The van der Waals surface area contributed by atoms with Crippen LogP contribution in [0.15, 0.2) is 28.7 Å². The van der Waals surface area contributed by atoms with E-state index in [1.165, 1.54) is 0 Å². The maximum Gasteiger partial charge on any atom is 0.236 e. The van der Waals surface area contributed by atoms with Gasteiger partial charge in [-0.25, -0.2) is 0 Å². The molecule has 0 aliphatic heterocycles. The van der Waals surface area contributed by atoms with E-state index in [2.05, 4.69) is 11.4 Å². The molecule has 1 N–H and O–H groups in total. The number of carbonyl (C=O) groups is 1. The normalized spacial score (nSPS) is 12.6. The van der Waals surface area contributed by atoms with Gasteiger partial charge in [0.25, 0.3) is 0 Å². The van der Waals surface area contributed by atoms with Crippen molar-refractivity contribution in [1.82, 2.24) is 10.2 Å². The van der Waals surface area contributed by atoms with Crippen LogP contribution in [0.2, 0.25) is 0 Å². The third-order valence-corrected chi connectivity index (χ3v) is 3.33. The van der Waals surface area contributed by atoms with Crippen molar-refractivity contribution in [3.05, 3.63) is 35.6 Å². The van der Waals surface area contributed by atoms with Gasteiger partial charge in [0.15, 0.2) is 0 Å². The lowest BCUT2D eigenvalue weighted by Crippen LogP contribution is -2.34. The lowest BCUT2D eigenvalue weighted by Gasteiger charge is -2.15. The first-order valence-corrected chi connectivity index (χ1v) is 6.42. The molecule has 1 aromatic heterocycles. The molecule has 0 saturated carbocycles. The van der Waals surface area contributed by atoms with Gasteiger partial charge in [0.2, 0.25) is 5.91 Å². The number of amides is 1. The van der Waals surface area contributed by atoms with E-state index in [1.54, 1.807) is 19.0 Å². The predicted octanol–water partition coefficient (Wildman–Crippen LogP) is 2.48. The summed E-state index contributed by atoms with van der Waals surface area (Å²) < 4.78 is 5.87. The van der Waals surface area contributed by atoms with Gasteiger partial charge < -0.3 is 9.32 Å². The van der Waals surface area contributed by atoms with E-state index < -0.39 is 0 Å². The van der Waals surface area contributed by atoms with Gasteiger partial charge in [-0.05, 0) is 25.5 Å². The molecule has 4 heteroatoms. The number of rotatable bonds is 4. The van der Waals surface area contributed by atoms with Crippen molar-refractivity contribution in [3.8, 4) is 0 Å². The Morgan fingerprint density at radius 2 is 2.05 bits per heavy atom. The van der Waals surface area contributed by atoms with E-state index in [4.69, 9.17) is 4.42 Å². The average molecular weight is 260 g/mol. The summed E-state index contributed by atoms with van der Waals surface area (Å²) in [5.74, 6) is 0.952. The number of fused-ring (bicyclic) bond motifs is 1. The van der Waals surface area contributed by atoms with E-state index in [9.17, 15) is 4.79 Å². The van der Waals surface area contributed by atoms with Crippen LogP contribution in [-0.2, 0) is 4.79 Å². The molecule has 2 rings (SSSR count). The number of hydrogen-bond donors (Lipinski definition) is 1. The molecule has 1 heterocycles. The monoisotopic (exact) mass is 260 g/mol. The van der Waals surface area contributed by atoms with Crippen molar-refractivity contribution < 1.29 is 9.21 Å². The minimum absolute atomic E-state index is 0.0105. The van der Waals surface area contributed by atoms with Gasteiger partial charge in [-0.3, -0.25) is 10.1 Å². The number of likely N-dealkylation sites (N-methyl/N-ethyl adjacent to an activating group) is 1. The molecular weight excluding hydrogens is 240 g/mol. The minimum atomic E-state index is 0.0105. The molecule has 0 saturated heterocycles. The van der Waals surface area contributed by atoms with Crippen molar-refractivity contribution >= 4 is 16.9 Å². The van der Waals surface area contributed by atoms with E-state index in [0.29, 0.717) is 6.54 Å². The van der Waals surface area contributed by atoms with E-state index >= 15 is 0 Å². The second-order valence-electron chi connectivity index (χ2n) is 4.98. The van der Waals surface area contributed by atoms with Gasteiger partial charge >= 0.3 is 0 Å². The second-order valence-corrected chi connectivity index (χ2v) is 4.98. The standard InChI is InChI=1S/C15H20N2O2/c1-10-12-7-5-6-8-13(12)19-15(10)11(2)16-9-14(18)17(3)4/h5-8,11,16H,9H2,1-4H3. The van der Waals surface area contributed by atoms with Gasteiger partial charge in [-0.1, -0.05) is 18.2 Å². The highest BCUT2D eigenvalue weighted by Crippen LogP contribution is 2.28. The van der Waals surface area contributed by atoms with Crippen LogP contribution in [0.3, 0.4) is 0 Å². The minimum Gasteiger partial charge on any atom is -0.459 e. The maximum atomic E-state index is 11.6. The topological polar surface area (TPSA) is 45.5 Å². The Labute approximate surface area is 113 Å². The number of para-hydroxylation sites is 1. The van der Waals surface area contributed by atoms with Crippen molar-refractivity contribution in [1.29, 1.82) is 0 Å². The van der Waals surface area contributed by atoms with Crippen molar-refractivity contribution in [2.45, 2.75) is 19.9 Å². The Kier molecular flexibility index (Phi) is 3.90. The first-order chi connectivity index (χ1) is 9.00. The lowest BCUT2D eigenvalue weighted by molar-refractivity contribution is -0.127. The zero-order valence-corrected chi connectivity index (χ0v) is 11.9. The predicted molar refractivity (Wildman–Crippen MR) is 76.1 cm³/mol. The van der Waals surface area contributed by atoms with Crippen LogP contribution in [-0.4, -0.2) is 31.4 Å². The van der Waals surface area contributed by atoms with E-state index in [-0.39, 0.29) is 11.9 Å². The highest BCUT2D eigenvalue weighted by molar-refractivity contribution is 5.82. The fourth-order valence-corrected chi connectivity index (χ4v) is 2.10. The summed E-state index contributed by atoms with van der Waals surface area (Å²) in [6.07, 6.45) is 0. The summed E-state index contributed by atoms with van der Waals surface area (Å²) in [6, 6.07) is 7.99. The quantitative estimate of drug-likeness (QED) is 0.918. The summed E-state index contributed by atoms with van der Waals surface area (Å²) >= 11 is 0. The highest BCUT2D eigenvalue weighted by Gasteiger charge is 2.17. The van der Waals surface area contributed by atoms with Crippen molar-refractivity contribution in [2.24, 2.45) is 0 Å². The second kappa shape index (κ2) is 5.45. The lowest BCUT2D eigenvalue weighted by atomic mass is 10.1. The average Bonchev–Trinajstić information content (AvgIpc) is 2.73. The van der Waals surface area contributed by atoms with Crippen LogP contribution in [0.25, 0.3) is 11.0 Å². The Hall–Kier alpha value is -1.81. The first-order valence-electron chi connectivity index (χ1n) is 6.42. The van der Waals surface area contributed by atoms with Crippen LogP contribution in [0.1, 0.15) is 24.3 Å². The molecule has 0 bridgehead atoms. The molecule has 0 fully saturated rings. The van der Waals surface area contributed by atoms with Crippen molar-refractivity contribution in [3.63, 3.8) is 0 Å². The summed E-state index contributed by atoms with van der Waals surface area (Å²) in [5, 5.41) is 4.33. The molecule has 1 unspecified atom stereocenters. The molecule has 4 nitrogen and oxygen atoms in total. The maximum absolute atomic E-state index is 11.6. The molecule has 0 aliphatic carbocycles. The number of carbonyl (C=O) groups excluding carboxylic acids is 1. The zero-order valence-electron chi connectivity index (χ0n) is 11.9. The summed E-state index contributed by atoms with van der Waals surface area (Å²) in [4.78, 5) is 13.1. The molecule has 2 aromatic rings. The number of furan rings is 1. The summed E-state index contributed by atoms with van der Waals surface area (Å²) in [7, 11) is 3.50. The Balaban J connectivity index is 2.15. The SMILES string of the molecule is Cc1c(C(C)NCC(=O)N(C)C)oc2ccccc12. The third-order valence-electron chi connectivity index (χ3n) is 3.33. The van der Waals surface area contributed by atoms with Gasteiger partial charge in [0.1, 0.15) is 11.3 Å². The summed E-state index contributed by atoms with van der Waals surface area (Å²) in [5.41, 5.74) is 2.02. The van der Waals surface area contributed by atoms with Gasteiger partial charge in [-0.15, -0.1) is 0 Å². The Morgan fingerprint density at radius 3 is 2.68 bits per heavy atom. The van der Waals surface area contributed by atoms with E-state index in [0.717, 1.165) is 22.3 Å². The number of hydrogen-bond acceptors (Lipinski definition) is 3. The van der Waals surface area contributed by atoms with Gasteiger partial charge in [0, 0.05) is 19.5 Å².